The number of ether oxygens (including phenoxy) is 6. The van der Waals surface area contributed by atoms with Gasteiger partial charge in [0.2, 0.25) is 5.79 Å². The average molecular weight is 1020 g/mol. The number of benzene rings is 2. The lowest BCUT2D eigenvalue weighted by molar-refractivity contribution is -0.302. The van der Waals surface area contributed by atoms with Gasteiger partial charge in [-0.15, -0.1) is 0 Å². The number of rotatable bonds is 13. The van der Waals surface area contributed by atoms with Crippen molar-refractivity contribution in [1.29, 1.82) is 0 Å². The predicted molar refractivity (Wildman–Crippen MR) is 274 cm³/mol. The number of Topliss-reactive ketones (excluding diaryl/α,β-unsaturated/α-hetero) is 2. The molecule has 1 aliphatic carbocycles. The summed E-state index contributed by atoms with van der Waals surface area (Å²) in [6, 6.07) is 17.3. The molecule has 0 aromatic heterocycles. The number of aliphatic hydroxyl groups is 4. The Hall–Kier alpha value is -4.16. The molecule has 73 heavy (non-hydrogen) atoms. The number of carbonyl (C=O) groups excluding carboxylic acids is 4. The van der Waals surface area contributed by atoms with Gasteiger partial charge in [-0.25, -0.2) is 4.79 Å². The molecule has 4 aliphatic rings. The fourth-order valence-electron chi connectivity index (χ4n) is 11.5. The number of hydrogen-bond donors (Lipinski definition) is 4. The van der Waals surface area contributed by atoms with E-state index in [-0.39, 0.29) is 56.6 Å². The van der Waals surface area contributed by atoms with Gasteiger partial charge in [-0.2, -0.15) is 0 Å². The van der Waals surface area contributed by atoms with Gasteiger partial charge in [0.05, 0.1) is 43.7 Å². The maximum absolute atomic E-state index is 14.7. The Kier molecular flexibility index (Phi) is 21.5. The first-order valence-corrected chi connectivity index (χ1v) is 26.7. The van der Waals surface area contributed by atoms with Crippen LogP contribution in [0.5, 0.6) is 0 Å². The summed E-state index contributed by atoms with van der Waals surface area (Å²) in [4.78, 5) is 58.9. The van der Waals surface area contributed by atoms with Crippen LogP contribution in [0.25, 0.3) is 0 Å². The molecule has 4 N–H and O–H groups in total. The van der Waals surface area contributed by atoms with Crippen molar-refractivity contribution in [3.8, 4) is 0 Å². The number of amides is 1. The molecule has 2 aromatic carbocycles. The molecule has 3 fully saturated rings. The van der Waals surface area contributed by atoms with E-state index in [9.17, 15) is 39.6 Å². The monoisotopic (exact) mass is 1020 g/mol. The fraction of sp³-hybridized carbons (Fsp3) is 0.655. The maximum atomic E-state index is 14.7. The summed E-state index contributed by atoms with van der Waals surface area (Å²) >= 11 is 0. The van der Waals surface area contributed by atoms with Crippen LogP contribution in [0.15, 0.2) is 84.0 Å². The van der Waals surface area contributed by atoms with Gasteiger partial charge in [0, 0.05) is 44.9 Å². The Bertz CT molecular complexity index is 2170. The summed E-state index contributed by atoms with van der Waals surface area (Å²) < 4.78 is 37.4. The molecule has 16 atom stereocenters. The summed E-state index contributed by atoms with van der Waals surface area (Å²) in [5.41, 5.74) is 3.02. The van der Waals surface area contributed by atoms with E-state index in [0.29, 0.717) is 62.5 Å². The number of esters is 1. The van der Waals surface area contributed by atoms with Crippen LogP contribution >= 0.6 is 0 Å². The molecule has 16 unspecified atom stereocenters. The Morgan fingerprint density at radius 1 is 0.808 bits per heavy atom. The zero-order valence-electron chi connectivity index (χ0n) is 44.3. The van der Waals surface area contributed by atoms with E-state index < -0.39 is 102 Å². The minimum atomic E-state index is -2.54. The number of aliphatic hydroxyl groups excluding tert-OH is 3. The van der Waals surface area contributed by atoms with E-state index in [1.54, 1.807) is 13.8 Å². The lowest BCUT2D eigenvalue weighted by Gasteiger charge is -2.47. The third-order valence-electron chi connectivity index (χ3n) is 15.9. The molecule has 6 rings (SSSR count). The van der Waals surface area contributed by atoms with Gasteiger partial charge < -0.3 is 53.7 Å². The number of cyclic esters (lactones) is 1. The van der Waals surface area contributed by atoms with Crippen LogP contribution in [0.2, 0.25) is 0 Å². The lowest BCUT2D eigenvalue weighted by Crippen LogP contribution is -2.64. The van der Waals surface area contributed by atoms with Crippen molar-refractivity contribution in [2.24, 2.45) is 29.6 Å². The van der Waals surface area contributed by atoms with Crippen LogP contribution in [0, 0.1) is 29.6 Å². The van der Waals surface area contributed by atoms with Crippen LogP contribution in [-0.4, -0.2) is 137 Å². The molecule has 2 aromatic rings. The van der Waals surface area contributed by atoms with Crippen LogP contribution in [0.3, 0.4) is 0 Å². The van der Waals surface area contributed by atoms with Gasteiger partial charge in [-0.3, -0.25) is 14.4 Å². The van der Waals surface area contributed by atoms with Crippen LogP contribution in [0.4, 0.5) is 0 Å². The first-order chi connectivity index (χ1) is 34.9. The average Bonchev–Trinajstić information content (AvgIpc) is 3.39. The number of hydrogen-bond acceptors (Lipinski definition) is 14. The largest absolute Gasteiger partial charge is 0.456 e. The summed E-state index contributed by atoms with van der Waals surface area (Å²) in [7, 11) is 3.06. The molecule has 2 saturated heterocycles. The molecule has 0 radical (unpaired) electrons. The van der Waals surface area contributed by atoms with E-state index in [1.807, 2.05) is 101 Å². The lowest BCUT2D eigenvalue weighted by atomic mass is 9.81. The normalized spacial score (nSPS) is 35.5. The molecule has 3 aliphatic heterocycles. The van der Waals surface area contributed by atoms with Crippen molar-refractivity contribution in [2.75, 3.05) is 34.0 Å². The van der Waals surface area contributed by atoms with Crippen molar-refractivity contribution < 1.29 is 68.0 Å². The standard InChI is InChI=1S/C58H83NO14/c1-9-41-27-35(2)26-36(3)28-51(68-7)54-52(69-8)30-38(5)58(67,73-54)55(64)56(65)59-25-17-16-22-44(59)57(66)72-53(39(6)45(60)32-46(41)61)37(4)29-40-23-24-49(70-33-47(62)42-18-12-10-13-19-42)50(31-40)71-34-48(63)43-20-14-11-15-21-43/h10-15,18-21,27,29,36,38-41,44-45,47-54,60,62-63,67H,9,16-17,22-26,28,30-34H2,1-8H3/b35-27+,37-29?. The molecule has 1 saturated carbocycles. The van der Waals surface area contributed by atoms with Crippen LogP contribution < -0.4 is 0 Å². The van der Waals surface area contributed by atoms with Gasteiger partial charge in [-0.1, -0.05) is 106 Å². The number of carbonyl (C=O) groups is 4. The quantitative estimate of drug-likeness (QED) is 0.0881. The summed E-state index contributed by atoms with van der Waals surface area (Å²) in [5, 5.41) is 46.3. The summed E-state index contributed by atoms with van der Waals surface area (Å²) in [6.07, 6.45) is 1.34. The highest BCUT2D eigenvalue weighted by Crippen LogP contribution is 2.40. The number of piperidine rings is 1. The zero-order valence-corrected chi connectivity index (χ0v) is 44.3. The zero-order chi connectivity index (χ0) is 53.0. The smallest absolute Gasteiger partial charge is 0.329 e. The molecular formula is C58H83NO14. The highest BCUT2D eigenvalue weighted by molar-refractivity contribution is 6.39. The molecule has 404 valence electrons. The number of fused-ring (bicyclic) bond motifs is 3. The molecule has 15 heteroatoms. The van der Waals surface area contributed by atoms with E-state index in [0.717, 1.165) is 11.1 Å². The SMILES string of the molecule is CCC1/C=C(\C)CC(C)CC(OC)C2OC(O)(C(=O)C(=O)N3CCCCC3C(=O)OC(C(C)=CC3CCC(OCC(O)c4ccccc4)C(OCC(O)c4ccccc4)C3)C(C)C(O)CC1=O)C(C)CC2OC. The van der Waals surface area contributed by atoms with E-state index in [2.05, 4.69) is 0 Å². The van der Waals surface area contributed by atoms with Gasteiger partial charge in [-0.05, 0) is 107 Å². The van der Waals surface area contributed by atoms with Crippen molar-refractivity contribution in [3.05, 3.63) is 95.1 Å². The van der Waals surface area contributed by atoms with E-state index in [4.69, 9.17) is 28.4 Å². The Balaban J connectivity index is 1.31. The second-order valence-corrected chi connectivity index (χ2v) is 21.4. The van der Waals surface area contributed by atoms with E-state index >= 15 is 0 Å². The summed E-state index contributed by atoms with van der Waals surface area (Å²) in [5.74, 6) is -7.99. The minimum Gasteiger partial charge on any atom is -0.456 e. The van der Waals surface area contributed by atoms with Gasteiger partial charge in [0.25, 0.3) is 11.7 Å². The van der Waals surface area contributed by atoms with Crippen molar-refractivity contribution in [2.45, 2.75) is 179 Å². The first kappa shape index (κ1) is 58.1. The second kappa shape index (κ2) is 27.1. The predicted octanol–water partition coefficient (Wildman–Crippen LogP) is 7.33. The molecule has 0 spiro atoms. The Morgan fingerprint density at radius 2 is 1.41 bits per heavy atom. The van der Waals surface area contributed by atoms with Crippen LogP contribution in [0.1, 0.15) is 136 Å². The Morgan fingerprint density at radius 3 is 2.01 bits per heavy atom. The highest BCUT2D eigenvalue weighted by atomic mass is 16.7. The van der Waals surface area contributed by atoms with Gasteiger partial charge in [0.1, 0.15) is 36.2 Å². The minimum absolute atomic E-state index is 0.00133. The third-order valence-corrected chi connectivity index (χ3v) is 15.9. The highest BCUT2D eigenvalue weighted by Gasteiger charge is 2.56. The molecule has 2 bridgehead atoms. The van der Waals surface area contributed by atoms with Crippen LogP contribution in [-0.2, 0) is 47.6 Å². The molecule has 15 nitrogen and oxygen atoms in total. The van der Waals surface area contributed by atoms with Gasteiger partial charge in [0.15, 0.2) is 0 Å². The molecular weight excluding hydrogens is 935 g/mol. The fourth-order valence-corrected chi connectivity index (χ4v) is 11.5. The first-order valence-electron chi connectivity index (χ1n) is 26.7. The van der Waals surface area contributed by atoms with Gasteiger partial charge >= 0.3 is 5.97 Å². The maximum Gasteiger partial charge on any atom is 0.329 e. The summed E-state index contributed by atoms with van der Waals surface area (Å²) in [6.45, 7) is 11.2. The van der Waals surface area contributed by atoms with Crippen molar-refractivity contribution in [3.63, 3.8) is 0 Å². The topological polar surface area (TPSA) is 208 Å². The molecule has 3 heterocycles. The second-order valence-electron chi connectivity index (χ2n) is 21.4. The number of ketones is 2. The third kappa shape index (κ3) is 14.8. The number of allylic oxidation sites excluding steroid dienone is 3. The molecule has 1 amide bonds. The number of nitrogens with zero attached hydrogens (tertiary/aromatic N) is 1. The Labute approximate surface area is 432 Å². The number of methoxy groups -OCH3 is 2. The van der Waals surface area contributed by atoms with Crippen molar-refractivity contribution >= 4 is 23.4 Å². The van der Waals surface area contributed by atoms with Crippen molar-refractivity contribution in [1.82, 2.24) is 4.90 Å². The van der Waals surface area contributed by atoms with E-state index in [1.165, 1.54) is 19.1 Å².